The lowest BCUT2D eigenvalue weighted by atomic mass is 10.1. The minimum atomic E-state index is -0.978. The monoisotopic (exact) mass is 311 g/mol. The summed E-state index contributed by atoms with van der Waals surface area (Å²) in [6, 6.07) is -0.397. The molecule has 9 heteroatoms. The average Bonchev–Trinajstić information content (AvgIpc) is 3.01. The molecule has 4 atom stereocenters. The minimum absolute atomic E-state index is 0.139. The van der Waals surface area contributed by atoms with E-state index in [0.29, 0.717) is 22.6 Å². The second kappa shape index (κ2) is 5.41. The summed E-state index contributed by atoms with van der Waals surface area (Å²) in [5, 5.41) is 30.1. The fourth-order valence-corrected chi connectivity index (χ4v) is 3.37. The highest BCUT2D eigenvalue weighted by Crippen LogP contribution is 2.37. The summed E-state index contributed by atoms with van der Waals surface area (Å²) in [5.74, 6) is -0.220. The smallest absolute Gasteiger partial charge is 0.223 e. The zero-order chi connectivity index (χ0) is 15.1. The van der Waals surface area contributed by atoms with Crippen molar-refractivity contribution in [2.75, 3.05) is 18.6 Å². The maximum absolute atomic E-state index is 10.2. The quantitative estimate of drug-likeness (QED) is 0.437. The van der Waals surface area contributed by atoms with Crippen molar-refractivity contribution in [3.05, 3.63) is 6.33 Å². The maximum Gasteiger partial charge on any atom is 0.223 e. The molecule has 2 heterocycles. The van der Waals surface area contributed by atoms with Gasteiger partial charge in [0.2, 0.25) is 5.95 Å². The molecule has 0 saturated heterocycles. The molecule has 0 amide bonds. The SMILES string of the molecule is CSc1nc(N)nc2c1ncn2C1CC(CO)C(O)C1O. The maximum atomic E-state index is 10.2. The van der Waals surface area contributed by atoms with Crippen LogP contribution >= 0.6 is 11.8 Å². The van der Waals surface area contributed by atoms with Crippen molar-refractivity contribution >= 4 is 28.9 Å². The van der Waals surface area contributed by atoms with Crippen molar-refractivity contribution in [2.45, 2.75) is 29.7 Å². The molecule has 1 aliphatic rings. The third kappa shape index (κ3) is 2.26. The Morgan fingerprint density at radius 2 is 2.14 bits per heavy atom. The first-order valence-electron chi connectivity index (χ1n) is 6.57. The van der Waals surface area contributed by atoms with Gasteiger partial charge in [-0.25, -0.2) is 9.97 Å². The molecule has 1 saturated carbocycles. The first-order valence-corrected chi connectivity index (χ1v) is 7.80. The van der Waals surface area contributed by atoms with Crippen molar-refractivity contribution in [1.29, 1.82) is 0 Å². The summed E-state index contributed by atoms with van der Waals surface area (Å²) >= 11 is 1.42. The van der Waals surface area contributed by atoms with Crippen LogP contribution in [0.4, 0.5) is 5.95 Å². The summed E-state index contributed by atoms with van der Waals surface area (Å²) in [6.07, 6.45) is 1.95. The van der Waals surface area contributed by atoms with Crippen molar-refractivity contribution in [1.82, 2.24) is 19.5 Å². The van der Waals surface area contributed by atoms with Gasteiger partial charge in [0.05, 0.1) is 18.5 Å². The second-order valence-corrected chi connectivity index (χ2v) is 5.94. The number of aliphatic hydroxyl groups excluding tert-OH is 3. The molecule has 0 spiro atoms. The zero-order valence-electron chi connectivity index (χ0n) is 11.4. The van der Waals surface area contributed by atoms with E-state index in [2.05, 4.69) is 15.0 Å². The number of aromatic nitrogens is 4. The minimum Gasteiger partial charge on any atom is -0.396 e. The van der Waals surface area contributed by atoms with E-state index in [0.717, 1.165) is 0 Å². The third-order valence-corrected chi connectivity index (χ3v) is 4.63. The summed E-state index contributed by atoms with van der Waals surface area (Å²) in [4.78, 5) is 12.6. The van der Waals surface area contributed by atoms with Crippen LogP contribution in [0.5, 0.6) is 0 Å². The molecule has 0 aliphatic heterocycles. The number of hydrogen-bond acceptors (Lipinski definition) is 8. The molecule has 0 bridgehead atoms. The van der Waals surface area contributed by atoms with Gasteiger partial charge in [-0.05, 0) is 12.7 Å². The van der Waals surface area contributed by atoms with E-state index in [9.17, 15) is 15.3 Å². The van der Waals surface area contributed by atoms with Gasteiger partial charge in [-0.15, -0.1) is 11.8 Å². The predicted molar refractivity (Wildman–Crippen MR) is 77.8 cm³/mol. The number of imidazole rings is 1. The number of rotatable bonds is 3. The lowest BCUT2D eigenvalue weighted by Gasteiger charge is -2.18. The summed E-state index contributed by atoms with van der Waals surface area (Å²) in [6.45, 7) is -0.172. The Morgan fingerprint density at radius 1 is 1.38 bits per heavy atom. The highest BCUT2D eigenvalue weighted by atomic mass is 32.2. The zero-order valence-corrected chi connectivity index (χ0v) is 12.2. The van der Waals surface area contributed by atoms with Gasteiger partial charge in [0.15, 0.2) is 5.65 Å². The molecule has 4 unspecified atom stereocenters. The van der Waals surface area contributed by atoms with E-state index >= 15 is 0 Å². The second-order valence-electron chi connectivity index (χ2n) is 5.14. The number of aliphatic hydroxyl groups is 3. The van der Waals surface area contributed by atoms with E-state index in [1.165, 1.54) is 11.8 Å². The van der Waals surface area contributed by atoms with E-state index in [1.54, 1.807) is 10.9 Å². The van der Waals surface area contributed by atoms with E-state index in [1.807, 2.05) is 6.26 Å². The number of anilines is 1. The fraction of sp³-hybridized carbons (Fsp3) is 0.583. The van der Waals surface area contributed by atoms with Gasteiger partial charge < -0.3 is 25.6 Å². The first kappa shape index (κ1) is 14.5. The average molecular weight is 311 g/mol. The number of hydrogen-bond donors (Lipinski definition) is 4. The summed E-state index contributed by atoms with van der Waals surface area (Å²) in [7, 11) is 0. The van der Waals surface area contributed by atoms with E-state index in [-0.39, 0.29) is 18.5 Å². The molecule has 3 rings (SSSR count). The van der Waals surface area contributed by atoms with Crippen LogP contribution in [-0.2, 0) is 0 Å². The molecule has 114 valence electrons. The molecule has 8 nitrogen and oxygen atoms in total. The third-order valence-electron chi connectivity index (χ3n) is 3.96. The Labute approximate surface area is 125 Å². The Balaban J connectivity index is 2.07. The first-order chi connectivity index (χ1) is 10.1. The molecule has 1 aliphatic carbocycles. The van der Waals surface area contributed by atoms with Gasteiger partial charge in [-0.2, -0.15) is 4.98 Å². The highest BCUT2D eigenvalue weighted by Gasteiger charge is 2.42. The van der Waals surface area contributed by atoms with Crippen molar-refractivity contribution in [3.8, 4) is 0 Å². The summed E-state index contributed by atoms with van der Waals surface area (Å²) < 4.78 is 1.70. The van der Waals surface area contributed by atoms with Crippen molar-refractivity contribution < 1.29 is 15.3 Å². The molecular weight excluding hydrogens is 294 g/mol. The fourth-order valence-electron chi connectivity index (χ4n) is 2.85. The molecule has 2 aromatic heterocycles. The standard InChI is InChI=1S/C12H17N5O3S/c1-21-11-7-10(15-12(13)16-11)17(4-14-7)6-2-5(3-18)8(19)9(6)20/h4-6,8-9,18-20H,2-3H2,1H3,(H2,13,15,16). The van der Waals surface area contributed by atoms with Crippen LogP contribution in [0.3, 0.4) is 0 Å². The van der Waals surface area contributed by atoms with Gasteiger partial charge in [0.25, 0.3) is 0 Å². The molecular formula is C12H17N5O3S. The van der Waals surface area contributed by atoms with E-state index in [4.69, 9.17) is 5.73 Å². The molecule has 21 heavy (non-hydrogen) atoms. The molecule has 1 fully saturated rings. The van der Waals surface area contributed by atoms with Gasteiger partial charge in [0, 0.05) is 12.5 Å². The lowest BCUT2D eigenvalue weighted by molar-refractivity contribution is -0.00370. The Kier molecular flexibility index (Phi) is 3.74. The number of fused-ring (bicyclic) bond motifs is 1. The van der Waals surface area contributed by atoms with Crippen LogP contribution in [0.15, 0.2) is 11.4 Å². The van der Waals surface area contributed by atoms with Crippen LogP contribution in [0.2, 0.25) is 0 Å². The predicted octanol–water partition coefficient (Wildman–Crippen LogP) is -0.595. The highest BCUT2D eigenvalue weighted by molar-refractivity contribution is 7.98. The number of nitrogens with two attached hydrogens (primary N) is 1. The lowest BCUT2D eigenvalue weighted by Crippen LogP contribution is -2.30. The number of nitrogens with zero attached hydrogens (tertiary/aromatic N) is 4. The number of nitrogen functional groups attached to an aromatic ring is 1. The van der Waals surface area contributed by atoms with E-state index < -0.39 is 18.2 Å². The molecule has 0 radical (unpaired) electrons. The van der Waals surface area contributed by atoms with Gasteiger partial charge in [-0.3, -0.25) is 0 Å². The Morgan fingerprint density at radius 3 is 2.76 bits per heavy atom. The molecule has 2 aromatic rings. The largest absolute Gasteiger partial charge is 0.396 e. The normalized spacial score (nSPS) is 29.3. The Hall–Kier alpha value is -1.42. The topological polar surface area (TPSA) is 130 Å². The summed E-state index contributed by atoms with van der Waals surface area (Å²) in [5.41, 5.74) is 6.86. The van der Waals surface area contributed by atoms with Crippen LogP contribution in [-0.4, -0.2) is 59.9 Å². The molecule has 0 aromatic carbocycles. The number of thioether (sulfide) groups is 1. The van der Waals surface area contributed by atoms with Crippen LogP contribution in [0.25, 0.3) is 11.2 Å². The molecule has 5 N–H and O–H groups in total. The van der Waals surface area contributed by atoms with Gasteiger partial charge in [0.1, 0.15) is 16.6 Å². The Bertz CT molecular complexity index is 664. The van der Waals surface area contributed by atoms with Crippen LogP contribution in [0, 0.1) is 5.92 Å². The van der Waals surface area contributed by atoms with Crippen molar-refractivity contribution in [2.24, 2.45) is 5.92 Å². The van der Waals surface area contributed by atoms with Crippen LogP contribution in [0.1, 0.15) is 12.5 Å². The van der Waals surface area contributed by atoms with Gasteiger partial charge in [-0.1, -0.05) is 0 Å². The van der Waals surface area contributed by atoms with Crippen molar-refractivity contribution in [3.63, 3.8) is 0 Å². The van der Waals surface area contributed by atoms with Gasteiger partial charge >= 0.3 is 0 Å². The van der Waals surface area contributed by atoms with Crippen LogP contribution < -0.4 is 5.73 Å².